The highest BCUT2D eigenvalue weighted by atomic mass is 35.5. The van der Waals surface area contributed by atoms with Crippen molar-refractivity contribution in [2.24, 2.45) is 0 Å². The number of methoxy groups -OCH3 is 1. The summed E-state index contributed by atoms with van der Waals surface area (Å²) in [5.74, 6) is -0.841. The fourth-order valence-corrected chi connectivity index (χ4v) is 2.20. The first-order valence-electron chi connectivity index (χ1n) is 8.20. The number of nitrogens with one attached hydrogen (secondary N) is 3. The number of hydrogen-bond donors (Lipinski definition) is 3. The van der Waals surface area contributed by atoms with Gasteiger partial charge in [-0.05, 0) is 42.0 Å². The minimum atomic E-state index is -0.393. The van der Waals surface area contributed by atoms with E-state index in [1.54, 1.807) is 25.3 Å². The summed E-state index contributed by atoms with van der Waals surface area (Å²) in [5, 5.41) is 8.51. The standard InChI is InChI=1S/C19H22FN3O3.ClH/c1-26-10-9-21-13-18(24)22-12-14-3-2-4-17(11-14)23-19(25)15-5-7-16(20)8-6-15;/h2-8,11,21H,9-10,12-13H2,1H3,(H,22,24)(H,23,25);1H. The van der Waals surface area contributed by atoms with Crippen LogP contribution in [-0.4, -0.2) is 38.6 Å². The Morgan fingerprint density at radius 2 is 1.85 bits per heavy atom. The predicted octanol–water partition coefficient (Wildman–Crippen LogP) is 2.35. The molecule has 2 aromatic rings. The smallest absolute Gasteiger partial charge is 0.255 e. The number of amides is 2. The van der Waals surface area contributed by atoms with E-state index in [9.17, 15) is 14.0 Å². The highest BCUT2D eigenvalue weighted by Gasteiger charge is 2.07. The topological polar surface area (TPSA) is 79.5 Å². The third-order valence-electron chi connectivity index (χ3n) is 3.55. The van der Waals surface area contributed by atoms with Crippen molar-refractivity contribution in [2.75, 3.05) is 32.1 Å². The van der Waals surface area contributed by atoms with Crippen LogP contribution in [0.2, 0.25) is 0 Å². The molecule has 8 heteroatoms. The monoisotopic (exact) mass is 395 g/mol. The van der Waals surface area contributed by atoms with Gasteiger partial charge in [0.05, 0.1) is 13.2 Å². The second-order valence-electron chi connectivity index (χ2n) is 5.61. The number of rotatable bonds is 9. The molecule has 0 aliphatic rings. The first-order chi connectivity index (χ1) is 12.6. The molecule has 3 N–H and O–H groups in total. The fourth-order valence-electron chi connectivity index (χ4n) is 2.20. The van der Waals surface area contributed by atoms with Gasteiger partial charge in [0, 0.05) is 31.5 Å². The summed E-state index contributed by atoms with van der Waals surface area (Å²) in [4.78, 5) is 23.9. The molecule has 0 unspecified atom stereocenters. The van der Waals surface area contributed by atoms with Gasteiger partial charge in [-0.2, -0.15) is 0 Å². The maximum Gasteiger partial charge on any atom is 0.255 e. The zero-order chi connectivity index (χ0) is 18.8. The van der Waals surface area contributed by atoms with Gasteiger partial charge in [0.1, 0.15) is 5.82 Å². The average Bonchev–Trinajstić information content (AvgIpc) is 2.64. The zero-order valence-corrected chi connectivity index (χ0v) is 15.8. The van der Waals surface area contributed by atoms with Crippen LogP contribution in [0.5, 0.6) is 0 Å². The Bertz CT molecular complexity index is 741. The Hall–Kier alpha value is -2.48. The van der Waals surface area contributed by atoms with E-state index in [4.69, 9.17) is 4.74 Å². The summed E-state index contributed by atoms with van der Waals surface area (Å²) in [6.45, 7) is 1.72. The van der Waals surface area contributed by atoms with Gasteiger partial charge in [-0.25, -0.2) is 4.39 Å². The molecule has 0 saturated heterocycles. The summed E-state index contributed by atoms with van der Waals surface area (Å²) in [7, 11) is 1.60. The Kier molecular flexibility index (Phi) is 10.0. The van der Waals surface area contributed by atoms with E-state index in [0.29, 0.717) is 30.9 Å². The van der Waals surface area contributed by atoms with Gasteiger partial charge < -0.3 is 20.7 Å². The highest BCUT2D eigenvalue weighted by molar-refractivity contribution is 6.04. The Morgan fingerprint density at radius 3 is 2.56 bits per heavy atom. The van der Waals surface area contributed by atoms with Crippen LogP contribution >= 0.6 is 12.4 Å². The van der Waals surface area contributed by atoms with E-state index in [1.807, 2.05) is 6.07 Å². The second kappa shape index (κ2) is 12.0. The number of hydrogen-bond acceptors (Lipinski definition) is 4. The lowest BCUT2D eigenvalue weighted by Gasteiger charge is -2.09. The molecule has 6 nitrogen and oxygen atoms in total. The summed E-state index contributed by atoms with van der Waals surface area (Å²) in [5.41, 5.74) is 1.82. The third kappa shape index (κ3) is 8.17. The number of carbonyl (C=O) groups excluding carboxylic acids is 2. The summed E-state index contributed by atoms with van der Waals surface area (Å²) < 4.78 is 17.8. The molecule has 146 valence electrons. The van der Waals surface area contributed by atoms with Crippen molar-refractivity contribution in [3.63, 3.8) is 0 Å². The van der Waals surface area contributed by atoms with E-state index in [2.05, 4.69) is 16.0 Å². The highest BCUT2D eigenvalue weighted by Crippen LogP contribution is 2.13. The van der Waals surface area contributed by atoms with Crippen molar-refractivity contribution in [1.29, 1.82) is 0 Å². The van der Waals surface area contributed by atoms with Crippen LogP contribution in [0.25, 0.3) is 0 Å². The molecule has 0 atom stereocenters. The lowest BCUT2D eigenvalue weighted by atomic mass is 10.1. The van der Waals surface area contributed by atoms with Crippen LogP contribution in [0, 0.1) is 5.82 Å². The molecule has 0 radical (unpaired) electrons. The van der Waals surface area contributed by atoms with Gasteiger partial charge >= 0.3 is 0 Å². The minimum absolute atomic E-state index is 0. The maximum atomic E-state index is 12.9. The first kappa shape index (κ1) is 22.6. The largest absolute Gasteiger partial charge is 0.383 e. The van der Waals surface area contributed by atoms with Crippen molar-refractivity contribution in [1.82, 2.24) is 10.6 Å². The van der Waals surface area contributed by atoms with E-state index >= 15 is 0 Å². The first-order valence-corrected chi connectivity index (χ1v) is 8.20. The number of ether oxygens (including phenoxy) is 1. The molecule has 27 heavy (non-hydrogen) atoms. The summed E-state index contributed by atoms with van der Waals surface area (Å²) >= 11 is 0. The molecule has 0 aliphatic heterocycles. The lowest BCUT2D eigenvalue weighted by molar-refractivity contribution is -0.120. The molecular weight excluding hydrogens is 373 g/mol. The maximum absolute atomic E-state index is 12.9. The number of carbonyl (C=O) groups is 2. The van der Waals surface area contributed by atoms with E-state index < -0.39 is 5.82 Å². The summed E-state index contributed by atoms with van der Waals surface area (Å²) in [6, 6.07) is 12.5. The average molecular weight is 396 g/mol. The molecule has 0 heterocycles. The zero-order valence-electron chi connectivity index (χ0n) is 15.0. The normalized spacial score (nSPS) is 10.0. The van der Waals surface area contributed by atoms with Gasteiger partial charge in [-0.1, -0.05) is 12.1 Å². The van der Waals surface area contributed by atoms with E-state index in [1.165, 1.54) is 24.3 Å². The number of benzene rings is 2. The van der Waals surface area contributed by atoms with Crippen molar-refractivity contribution < 1.29 is 18.7 Å². The van der Waals surface area contributed by atoms with E-state index in [-0.39, 0.29) is 30.8 Å². The summed E-state index contributed by atoms with van der Waals surface area (Å²) in [6.07, 6.45) is 0. The van der Waals surface area contributed by atoms with E-state index in [0.717, 1.165) is 5.56 Å². The lowest BCUT2D eigenvalue weighted by Crippen LogP contribution is -2.34. The van der Waals surface area contributed by atoms with Crippen molar-refractivity contribution in [3.8, 4) is 0 Å². The molecule has 0 fully saturated rings. The number of anilines is 1. The van der Waals surface area contributed by atoms with Gasteiger partial charge in [0.2, 0.25) is 5.91 Å². The van der Waals surface area contributed by atoms with Gasteiger partial charge in [0.15, 0.2) is 0 Å². The van der Waals surface area contributed by atoms with Crippen LogP contribution in [0.3, 0.4) is 0 Å². The Balaban J connectivity index is 0.00000364. The third-order valence-corrected chi connectivity index (χ3v) is 3.55. The SMILES string of the molecule is COCCNCC(=O)NCc1cccc(NC(=O)c2ccc(F)cc2)c1.Cl. The molecule has 2 rings (SSSR count). The number of halogens is 2. The second-order valence-corrected chi connectivity index (χ2v) is 5.61. The van der Waals surface area contributed by atoms with Gasteiger partial charge in [0.25, 0.3) is 5.91 Å². The van der Waals surface area contributed by atoms with Crippen molar-refractivity contribution in [2.45, 2.75) is 6.54 Å². The molecule has 0 aliphatic carbocycles. The Morgan fingerprint density at radius 1 is 1.11 bits per heavy atom. The molecule has 0 bridgehead atoms. The van der Waals surface area contributed by atoms with Crippen molar-refractivity contribution >= 4 is 29.9 Å². The molecule has 0 saturated carbocycles. The molecule has 2 amide bonds. The van der Waals surface area contributed by atoms with Crippen LogP contribution < -0.4 is 16.0 Å². The van der Waals surface area contributed by atoms with Crippen LogP contribution in [0.15, 0.2) is 48.5 Å². The van der Waals surface area contributed by atoms with Crippen LogP contribution in [-0.2, 0) is 16.1 Å². The quantitative estimate of drug-likeness (QED) is 0.569. The molecule has 2 aromatic carbocycles. The van der Waals surface area contributed by atoms with Gasteiger partial charge in [-0.15, -0.1) is 12.4 Å². The van der Waals surface area contributed by atoms with Crippen LogP contribution in [0.1, 0.15) is 15.9 Å². The minimum Gasteiger partial charge on any atom is -0.383 e. The molecular formula is C19H23ClFN3O3. The molecule has 0 spiro atoms. The Labute approximate surface area is 163 Å². The van der Waals surface area contributed by atoms with Crippen molar-refractivity contribution in [3.05, 3.63) is 65.5 Å². The van der Waals surface area contributed by atoms with Crippen LogP contribution in [0.4, 0.5) is 10.1 Å². The molecule has 0 aromatic heterocycles. The fraction of sp³-hybridized carbons (Fsp3) is 0.263. The van der Waals surface area contributed by atoms with Gasteiger partial charge in [-0.3, -0.25) is 9.59 Å². The predicted molar refractivity (Wildman–Crippen MR) is 105 cm³/mol.